The van der Waals surface area contributed by atoms with Gasteiger partial charge < -0.3 is 5.32 Å². The van der Waals surface area contributed by atoms with E-state index in [0.29, 0.717) is 18.4 Å². The maximum absolute atomic E-state index is 12.5. The third-order valence-electron chi connectivity index (χ3n) is 4.32. The molecule has 1 aliphatic rings. The fourth-order valence-electron chi connectivity index (χ4n) is 3.04. The van der Waals surface area contributed by atoms with E-state index in [1.54, 1.807) is 0 Å². The number of hydrogen-bond donors (Lipinski definition) is 1. The van der Waals surface area contributed by atoms with Gasteiger partial charge in [-0.05, 0) is 35.4 Å². The summed E-state index contributed by atoms with van der Waals surface area (Å²) in [5, 5.41) is 3.33. The summed E-state index contributed by atoms with van der Waals surface area (Å²) in [4.78, 5) is 25.1. The molecule has 1 aliphatic carbocycles. The predicted octanol–water partition coefficient (Wildman–Crippen LogP) is 4.53. The summed E-state index contributed by atoms with van der Waals surface area (Å²) in [7, 11) is 0. The monoisotopic (exact) mass is 313 g/mol. The fourth-order valence-corrected chi connectivity index (χ4v) is 3.04. The van der Waals surface area contributed by atoms with Crippen LogP contribution in [0.2, 0.25) is 0 Å². The molecule has 1 N–H and O–H groups in total. The summed E-state index contributed by atoms with van der Waals surface area (Å²) >= 11 is 0. The molecule has 23 heavy (non-hydrogen) atoms. The van der Waals surface area contributed by atoms with Crippen LogP contribution in [0.5, 0.6) is 0 Å². The zero-order valence-electron chi connectivity index (χ0n) is 14.8. The van der Waals surface area contributed by atoms with Gasteiger partial charge in [-0.1, -0.05) is 46.8 Å². The standard InChI is InChI=1S/C20H27NO2/c1-6-14-7-9-15(10-8-14)21-19(13(2)3)18-16(22)11-20(4,5)12-17(18)23/h7-10,13,21H,6,11-12H2,1-5H3. The SMILES string of the molecule is CCc1ccc(NC(=C2C(=O)CC(C)(C)CC2=O)C(C)C)cc1. The third kappa shape index (κ3) is 4.10. The maximum Gasteiger partial charge on any atom is 0.168 e. The average molecular weight is 313 g/mol. The third-order valence-corrected chi connectivity index (χ3v) is 4.32. The minimum absolute atomic E-state index is 0.0346. The molecule has 0 heterocycles. The van der Waals surface area contributed by atoms with Crippen molar-refractivity contribution >= 4 is 17.3 Å². The molecule has 0 aromatic heterocycles. The number of carbonyl (C=O) groups is 2. The Balaban J connectivity index is 2.36. The van der Waals surface area contributed by atoms with Gasteiger partial charge in [-0.25, -0.2) is 0 Å². The van der Waals surface area contributed by atoms with Crippen LogP contribution in [0, 0.1) is 11.3 Å². The van der Waals surface area contributed by atoms with Gasteiger partial charge in [0.25, 0.3) is 0 Å². The van der Waals surface area contributed by atoms with Gasteiger partial charge >= 0.3 is 0 Å². The van der Waals surface area contributed by atoms with Crippen LogP contribution in [-0.2, 0) is 16.0 Å². The quantitative estimate of drug-likeness (QED) is 0.656. The zero-order valence-corrected chi connectivity index (χ0v) is 14.8. The van der Waals surface area contributed by atoms with E-state index in [-0.39, 0.29) is 22.9 Å². The van der Waals surface area contributed by atoms with Crippen molar-refractivity contribution in [3.05, 3.63) is 41.1 Å². The Labute approximate surface area is 139 Å². The molecule has 3 nitrogen and oxygen atoms in total. The summed E-state index contributed by atoms with van der Waals surface area (Å²) in [5.41, 5.74) is 3.08. The van der Waals surface area contributed by atoms with Crippen LogP contribution >= 0.6 is 0 Å². The molecule has 2 rings (SSSR count). The second-order valence-electron chi connectivity index (χ2n) is 7.48. The van der Waals surface area contributed by atoms with Gasteiger partial charge in [0.2, 0.25) is 0 Å². The lowest BCUT2D eigenvalue weighted by Crippen LogP contribution is -2.34. The molecule has 0 bridgehead atoms. The molecule has 0 atom stereocenters. The number of allylic oxidation sites excluding steroid dienone is 2. The Hall–Kier alpha value is -1.90. The first-order chi connectivity index (χ1) is 10.7. The van der Waals surface area contributed by atoms with Crippen molar-refractivity contribution in [2.24, 2.45) is 11.3 Å². The van der Waals surface area contributed by atoms with Gasteiger partial charge in [0.1, 0.15) is 0 Å². The number of aryl methyl sites for hydroxylation is 1. The lowest BCUT2D eigenvalue weighted by Gasteiger charge is -2.30. The van der Waals surface area contributed by atoms with E-state index in [4.69, 9.17) is 0 Å². The smallest absolute Gasteiger partial charge is 0.168 e. The Morgan fingerprint density at radius 1 is 1.09 bits per heavy atom. The van der Waals surface area contributed by atoms with Crippen molar-refractivity contribution in [1.29, 1.82) is 0 Å². The number of anilines is 1. The largest absolute Gasteiger partial charge is 0.358 e. The van der Waals surface area contributed by atoms with Gasteiger partial charge in [0.05, 0.1) is 5.57 Å². The number of carbonyl (C=O) groups excluding carboxylic acids is 2. The second-order valence-corrected chi connectivity index (χ2v) is 7.48. The van der Waals surface area contributed by atoms with Crippen molar-refractivity contribution in [2.75, 3.05) is 5.32 Å². The maximum atomic E-state index is 12.5. The lowest BCUT2D eigenvalue weighted by molar-refractivity contribution is -0.127. The normalized spacial score (nSPS) is 17.6. The van der Waals surface area contributed by atoms with Crippen LogP contribution in [0.4, 0.5) is 5.69 Å². The molecule has 0 unspecified atom stereocenters. The molecule has 124 valence electrons. The van der Waals surface area contributed by atoms with Gasteiger partial charge in [-0.3, -0.25) is 9.59 Å². The molecule has 1 aromatic carbocycles. The molecule has 0 amide bonds. The molecule has 1 fully saturated rings. The van der Waals surface area contributed by atoms with Crippen LogP contribution in [0.25, 0.3) is 0 Å². The van der Waals surface area contributed by atoms with E-state index in [1.165, 1.54) is 5.56 Å². The Kier molecular flexibility index (Phi) is 5.08. The Morgan fingerprint density at radius 2 is 1.61 bits per heavy atom. The fraction of sp³-hybridized carbons (Fsp3) is 0.500. The molecule has 0 saturated heterocycles. The summed E-state index contributed by atoms with van der Waals surface area (Å²) < 4.78 is 0. The van der Waals surface area contributed by atoms with E-state index in [2.05, 4.69) is 24.4 Å². The second kappa shape index (κ2) is 6.69. The summed E-state index contributed by atoms with van der Waals surface area (Å²) in [6.07, 6.45) is 1.85. The molecular weight excluding hydrogens is 286 g/mol. The molecule has 1 aromatic rings. The van der Waals surface area contributed by atoms with Crippen LogP contribution in [0.3, 0.4) is 0 Å². The van der Waals surface area contributed by atoms with Crippen LogP contribution in [-0.4, -0.2) is 11.6 Å². The number of benzene rings is 1. The summed E-state index contributed by atoms with van der Waals surface area (Å²) in [6, 6.07) is 8.14. The lowest BCUT2D eigenvalue weighted by atomic mass is 9.73. The number of nitrogens with one attached hydrogen (secondary N) is 1. The first kappa shape index (κ1) is 17.5. The van der Waals surface area contributed by atoms with Gasteiger partial charge in [0, 0.05) is 24.2 Å². The first-order valence-electron chi connectivity index (χ1n) is 8.40. The highest BCUT2D eigenvalue weighted by Gasteiger charge is 2.37. The van der Waals surface area contributed by atoms with E-state index in [9.17, 15) is 9.59 Å². The van der Waals surface area contributed by atoms with E-state index >= 15 is 0 Å². The van der Waals surface area contributed by atoms with Crippen molar-refractivity contribution in [2.45, 2.75) is 53.9 Å². The number of ketones is 2. The molecule has 3 heteroatoms. The highest BCUT2D eigenvalue weighted by atomic mass is 16.2. The van der Waals surface area contributed by atoms with Crippen molar-refractivity contribution in [3.8, 4) is 0 Å². The van der Waals surface area contributed by atoms with Crippen LogP contribution < -0.4 is 5.32 Å². The molecule has 1 saturated carbocycles. The van der Waals surface area contributed by atoms with Crippen LogP contribution in [0.15, 0.2) is 35.5 Å². The highest BCUT2D eigenvalue weighted by Crippen LogP contribution is 2.36. The minimum Gasteiger partial charge on any atom is -0.358 e. The summed E-state index contributed by atoms with van der Waals surface area (Å²) in [5.74, 6) is 0.0187. The van der Waals surface area contributed by atoms with Gasteiger partial charge in [-0.15, -0.1) is 0 Å². The summed E-state index contributed by atoms with van der Waals surface area (Å²) in [6.45, 7) is 10.1. The number of Topliss-reactive ketones (excluding diaryl/α,β-unsaturated/α-hetero) is 2. The average Bonchev–Trinajstić information content (AvgIpc) is 2.44. The molecule has 0 radical (unpaired) electrons. The Bertz CT molecular complexity index is 614. The van der Waals surface area contributed by atoms with Crippen molar-refractivity contribution in [1.82, 2.24) is 0 Å². The van der Waals surface area contributed by atoms with Gasteiger partial charge in [-0.2, -0.15) is 0 Å². The minimum atomic E-state index is -0.234. The Morgan fingerprint density at radius 3 is 2.04 bits per heavy atom. The van der Waals surface area contributed by atoms with Gasteiger partial charge in [0.15, 0.2) is 11.6 Å². The van der Waals surface area contributed by atoms with E-state index < -0.39 is 0 Å². The zero-order chi connectivity index (χ0) is 17.2. The van der Waals surface area contributed by atoms with Crippen molar-refractivity contribution in [3.63, 3.8) is 0 Å². The van der Waals surface area contributed by atoms with Crippen molar-refractivity contribution < 1.29 is 9.59 Å². The molecular formula is C20H27NO2. The topological polar surface area (TPSA) is 46.2 Å². The predicted molar refractivity (Wildman–Crippen MR) is 94.3 cm³/mol. The molecule has 0 aliphatic heterocycles. The van der Waals surface area contributed by atoms with Crippen LogP contribution in [0.1, 0.15) is 53.0 Å². The van der Waals surface area contributed by atoms with E-state index in [0.717, 1.165) is 17.8 Å². The number of rotatable bonds is 4. The molecule has 0 spiro atoms. The number of hydrogen-bond acceptors (Lipinski definition) is 3. The van der Waals surface area contributed by atoms with E-state index in [1.807, 2.05) is 39.8 Å². The highest BCUT2D eigenvalue weighted by molar-refractivity contribution is 6.23. The first-order valence-corrected chi connectivity index (χ1v) is 8.40.